The molecule has 0 unspecified atom stereocenters. The Labute approximate surface area is 137 Å². The van der Waals surface area contributed by atoms with Crippen LogP contribution in [-0.2, 0) is 4.57 Å². The van der Waals surface area contributed by atoms with Gasteiger partial charge in [-0.25, -0.2) is 4.39 Å². The van der Waals surface area contributed by atoms with E-state index in [1.807, 2.05) is 19.9 Å². The molecule has 0 saturated heterocycles. The number of nitrogens with one attached hydrogen (secondary N) is 1. The van der Waals surface area contributed by atoms with Crippen molar-refractivity contribution < 1.29 is 8.96 Å². The molecule has 21 heavy (non-hydrogen) atoms. The highest BCUT2D eigenvalue weighted by Gasteiger charge is 2.23. The van der Waals surface area contributed by atoms with Gasteiger partial charge in [0.1, 0.15) is 13.0 Å². The molecular formula is C15H17FIN2OP. The monoisotopic (exact) mass is 418 g/mol. The predicted molar refractivity (Wildman–Crippen MR) is 95.0 cm³/mol. The Morgan fingerprint density at radius 3 is 2.57 bits per heavy atom. The van der Waals surface area contributed by atoms with Crippen molar-refractivity contribution in [2.24, 2.45) is 0 Å². The third-order valence-corrected chi connectivity index (χ3v) is 7.44. The molecule has 2 rings (SSSR count). The molecule has 6 heteroatoms. The van der Waals surface area contributed by atoms with Crippen LogP contribution in [0.25, 0.3) is 0 Å². The van der Waals surface area contributed by atoms with Gasteiger partial charge >= 0.3 is 0 Å². The number of hydrogen-bond acceptors (Lipinski definition) is 3. The molecule has 0 atom stereocenters. The fraction of sp³-hybridized carbons (Fsp3) is 0.267. The highest BCUT2D eigenvalue weighted by atomic mass is 127. The van der Waals surface area contributed by atoms with Crippen LogP contribution in [-0.4, -0.2) is 17.3 Å². The number of benzene rings is 1. The molecule has 0 saturated carbocycles. The highest BCUT2D eigenvalue weighted by molar-refractivity contribution is 14.1. The Balaban J connectivity index is 2.44. The first kappa shape index (κ1) is 16.4. The van der Waals surface area contributed by atoms with Crippen LogP contribution in [0.5, 0.6) is 0 Å². The van der Waals surface area contributed by atoms with Gasteiger partial charge in [0.05, 0.1) is 17.6 Å². The van der Waals surface area contributed by atoms with E-state index in [4.69, 9.17) is 0 Å². The highest BCUT2D eigenvalue weighted by Crippen LogP contribution is 2.45. The van der Waals surface area contributed by atoms with Crippen molar-refractivity contribution in [1.82, 2.24) is 4.98 Å². The molecule has 1 aromatic heterocycles. The molecule has 2 aromatic rings. The number of rotatable bonds is 5. The average molecular weight is 418 g/mol. The van der Waals surface area contributed by atoms with Crippen molar-refractivity contribution in [3.8, 4) is 0 Å². The molecule has 0 aliphatic heterocycles. The van der Waals surface area contributed by atoms with E-state index >= 15 is 0 Å². The summed E-state index contributed by atoms with van der Waals surface area (Å²) in [4.78, 5) is 4.06. The van der Waals surface area contributed by atoms with Gasteiger partial charge < -0.3 is 9.88 Å². The lowest BCUT2D eigenvalue weighted by molar-refractivity contribution is 0.582. The van der Waals surface area contributed by atoms with Crippen LogP contribution in [0.1, 0.15) is 13.8 Å². The normalized spacial score (nSPS) is 11.4. The summed E-state index contributed by atoms with van der Waals surface area (Å²) in [7, 11) is -2.46. The molecule has 0 aliphatic carbocycles. The lowest BCUT2D eigenvalue weighted by atomic mass is 10.3. The van der Waals surface area contributed by atoms with E-state index in [2.05, 4.69) is 32.9 Å². The summed E-state index contributed by atoms with van der Waals surface area (Å²) in [5, 5.41) is 3.77. The number of aromatic nitrogens is 1. The molecule has 0 radical (unpaired) electrons. The fourth-order valence-corrected chi connectivity index (χ4v) is 4.61. The summed E-state index contributed by atoms with van der Waals surface area (Å²) in [6, 6.07) is 6.72. The van der Waals surface area contributed by atoms with Crippen LogP contribution in [0.15, 0.2) is 36.7 Å². The lowest BCUT2D eigenvalue weighted by Gasteiger charge is -2.19. The van der Waals surface area contributed by atoms with Gasteiger partial charge in [0.2, 0.25) is 0 Å². The van der Waals surface area contributed by atoms with Crippen LogP contribution < -0.4 is 10.6 Å². The minimum absolute atomic E-state index is 0.334. The number of anilines is 2. The van der Waals surface area contributed by atoms with Crippen LogP contribution in [0, 0.1) is 9.39 Å². The SMILES string of the molecule is CCP(=O)(CC)c1ccncc1Nc1ccc(I)cc1F. The van der Waals surface area contributed by atoms with E-state index in [1.54, 1.807) is 24.5 Å². The maximum absolute atomic E-state index is 14.0. The maximum Gasteiger partial charge on any atom is 0.147 e. The molecule has 0 fully saturated rings. The molecule has 0 bridgehead atoms. The molecule has 112 valence electrons. The first-order valence-corrected chi connectivity index (χ1v) is 9.90. The van der Waals surface area contributed by atoms with E-state index in [-0.39, 0.29) is 5.82 Å². The molecule has 0 spiro atoms. The summed E-state index contributed by atoms with van der Waals surface area (Å²) in [6.07, 6.45) is 4.39. The standard InChI is InChI=1S/C15H17FIN2OP/c1-3-21(20,4-2)15-7-8-18-10-14(15)19-13-6-5-11(17)9-12(13)16/h5-10,19H,3-4H2,1-2H3. The van der Waals surface area contributed by atoms with Crippen molar-refractivity contribution in [2.45, 2.75) is 13.8 Å². The number of halogens is 2. The first-order chi connectivity index (χ1) is 10.00. The van der Waals surface area contributed by atoms with E-state index in [1.165, 1.54) is 6.07 Å². The topological polar surface area (TPSA) is 42.0 Å². The van der Waals surface area contributed by atoms with Crippen molar-refractivity contribution in [3.63, 3.8) is 0 Å². The minimum atomic E-state index is -2.46. The van der Waals surface area contributed by atoms with E-state index in [0.29, 0.717) is 23.7 Å². The zero-order valence-corrected chi connectivity index (χ0v) is 15.0. The number of nitrogens with zero attached hydrogens (tertiary/aromatic N) is 1. The Bertz CT molecular complexity index is 685. The summed E-state index contributed by atoms with van der Waals surface area (Å²) in [6.45, 7) is 3.83. The van der Waals surface area contributed by atoms with E-state index in [0.717, 1.165) is 8.87 Å². The third-order valence-electron chi connectivity index (χ3n) is 3.46. The largest absolute Gasteiger partial charge is 0.351 e. The Morgan fingerprint density at radius 1 is 1.24 bits per heavy atom. The Hall–Kier alpha value is -0.940. The van der Waals surface area contributed by atoms with Crippen LogP contribution in [0.4, 0.5) is 15.8 Å². The smallest absolute Gasteiger partial charge is 0.147 e. The van der Waals surface area contributed by atoms with Crippen LogP contribution in [0.2, 0.25) is 0 Å². The molecule has 1 aromatic carbocycles. The molecular weight excluding hydrogens is 401 g/mol. The van der Waals surface area contributed by atoms with Gasteiger partial charge in [-0.2, -0.15) is 0 Å². The van der Waals surface area contributed by atoms with Gasteiger partial charge in [0.25, 0.3) is 0 Å². The van der Waals surface area contributed by atoms with Crippen LogP contribution in [0.3, 0.4) is 0 Å². The molecule has 0 aliphatic rings. The van der Waals surface area contributed by atoms with Crippen molar-refractivity contribution in [3.05, 3.63) is 46.0 Å². The summed E-state index contributed by atoms with van der Waals surface area (Å²) in [5.41, 5.74) is 0.980. The quantitative estimate of drug-likeness (QED) is 0.571. The van der Waals surface area contributed by atoms with Gasteiger partial charge in [-0.1, -0.05) is 13.8 Å². The fourth-order valence-electron chi connectivity index (χ4n) is 2.14. The maximum atomic E-state index is 14.0. The van der Waals surface area contributed by atoms with Crippen LogP contribution >= 0.6 is 29.7 Å². The van der Waals surface area contributed by atoms with Gasteiger partial charge in [0.15, 0.2) is 0 Å². The zero-order chi connectivity index (χ0) is 15.5. The second-order valence-corrected chi connectivity index (χ2v) is 9.43. The Morgan fingerprint density at radius 2 is 1.95 bits per heavy atom. The first-order valence-electron chi connectivity index (χ1n) is 6.75. The second-order valence-electron chi connectivity index (χ2n) is 4.66. The molecule has 1 heterocycles. The summed E-state index contributed by atoms with van der Waals surface area (Å²) >= 11 is 2.06. The van der Waals surface area contributed by atoms with Gasteiger partial charge in [-0.15, -0.1) is 0 Å². The van der Waals surface area contributed by atoms with Crippen molar-refractivity contribution in [1.29, 1.82) is 0 Å². The van der Waals surface area contributed by atoms with Gasteiger partial charge in [-0.3, -0.25) is 4.98 Å². The second kappa shape index (κ2) is 6.88. The van der Waals surface area contributed by atoms with Gasteiger partial charge in [-0.05, 0) is 46.9 Å². The molecule has 0 amide bonds. The van der Waals surface area contributed by atoms with E-state index < -0.39 is 7.14 Å². The average Bonchev–Trinajstić information content (AvgIpc) is 2.50. The predicted octanol–water partition coefficient (Wildman–Crippen LogP) is 4.60. The van der Waals surface area contributed by atoms with E-state index in [9.17, 15) is 8.96 Å². The zero-order valence-electron chi connectivity index (χ0n) is 11.9. The lowest BCUT2D eigenvalue weighted by Crippen LogP contribution is -2.14. The summed E-state index contributed by atoms with van der Waals surface area (Å²) in [5.74, 6) is -0.334. The third kappa shape index (κ3) is 3.64. The molecule has 1 N–H and O–H groups in total. The van der Waals surface area contributed by atoms with Gasteiger partial charge in [0, 0.05) is 27.4 Å². The Kier molecular flexibility index (Phi) is 5.38. The summed E-state index contributed by atoms with van der Waals surface area (Å²) < 4.78 is 27.7. The van der Waals surface area contributed by atoms with Crippen molar-refractivity contribution in [2.75, 3.05) is 17.6 Å². The minimum Gasteiger partial charge on any atom is -0.351 e. The molecule has 3 nitrogen and oxygen atoms in total. The number of hydrogen-bond donors (Lipinski definition) is 1. The number of pyridine rings is 1. The van der Waals surface area contributed by atoms with Crippen molar-refractivity contribution >= 4 is 46.4 Å².